The fourth-order valence-electron chi connectivity index (χ4n) is 2.07. The van der Waals surface area contributed by atoms with Gasteiger partial charge < -0.3 is 19.9 Å². The number of hydrogen-bond donors (Lipinski definition) is 1. The number of nitrogens with zero attached hydrogens (tertiary/aromatic N) is 2. The molecule has 1 aliphatic heterocycles. The van der Waals surface area contributed by atoms with Gasteiger partial charge in [0, 0.05) is 19.2 Å². The summed E-state index contributed by atoms with van der Waals surface area (Å²) in [6.45, 7) is 5.08. The first-order valence-corrected chi connectivity index (χ1v) is 6.33. The van der Waals surface area contributed by atoms with Gasteiger partial charge in [0.1, 0.15) is 6.61 Å². The fraction of sp³-hybridized carbons (Fsp3) is 0.750. The number of rotatable bonds is 6. The summed E-state index contributed by atoms with van der Waals surface area (Å²) in [6.07, 6.45) is 4.02. The van der Waals surface area contributed by atoms with Gasteiger partial charge in [-0.25, -0.2) is 0 Å². The zero-order chi connectivity index (χ0) is 11.9. The van der Waals surface area contributed by atoms with Crippen LogP contribution in [0.1, 0.15) is 30.7 Å². The molecule has 1 fully saturated rings. The maximum atomic E-state index is 5.56. The Kier molecular flexibility index (Phi) is 4.97. The summed E-state index contributed by atoms with van der Waals surface area (Å²) >= 11 is 0. The van der Waals surface area contributed by atoms with Gasteiger partial charge in [-0.1, -0.05) is 11.6 Å². The van der Waals surface area contributed by atoms with E-state index in [2.05, 4.69) is 10.1 Å². The molecular weight excluding hydrogens is 218 g/mol. The van der Waals surface area contributed by atoms with Crippen LogP contribution in [0.15, 0.2) is 10.6 Å². The first kappa shape index (κ1) is 12.5. The summed E-state index contributed by atoms with van der Waals surface area (Å²) in [7, 11) is 0. The number of piperidine rings is 1. The Morgan fingerprint density at radius 2 is 2.18 bits per heavy atom. The summed E-state index contributed by atoms with van der Waals surface area (Å²) < 4.78 is 10.6. The predicted molar refractivity (Wildman–Crippen MR) is 64.3 cm³/mol. The molecule has 1 aromatic rings. The van der Waals surface area contributed by atoms with Gasteiger partial charge >= 0.3 is 0 Å². The van der Waals surface area contributed by atoms with Gasteiger partial charge in [-0.05, 0) is 25.9 Å². The second-order valence-corrected chi connectivity index (χ2v) is 4.44. The normalized spacial score (nSPS) is 17.5. The number of likely N-dealkylation sites (tertiary alicyclic amines) is 1. The lowest BCUT2D eigenvalue weighted by Gasteiger charge is -2.25. The van der Waals surface area contributed by atoms with Crippen molar-refractivity contribution < 1.29 is 9.26 Å². The molecule has 1 aliphatic rings. The van der Waals surface area contributed by atoms with Crippen molar-refractivity contribution in [1.82, 2.24) is 10.1 Å². The van der Waals surface area contributed by atoms with Crippen LogP contribution in [0.25, 0.3) is 0 Å². The van der Waals surface area contributed by atoms with E-state index in [4.69, 9.17) is 15.0 Å². The van der Waals surface area contributed by atoms with Crippen LogP contribution < -0.4 is 5.73 Å². The molecule has 0 aromatic carbocycles. The summed E-state index contributed by atoms with van der Waals surface area (Å²) in [5, 5.41) is 3.81. The van der Waals surface area contributed by atoms with E-state index in [1.807, 2.05) is 6.07 Å². The van der Waals surface area contributed by atoms with Crippen molar-refractivity contribution in [3.8, 4) is 0 Å². The Balaban J connectivity index is 1.59. The Morgan fingerprint density at radius 3 is 2.88 bits per heavy atom. The van der Waals surface area contributed by atoms with Crippen LogP contribution in [0.4, 0.5) is 0 Å². The van der Waals surface area contributed by atoms with Gasteiger partial charge in [0.25, 0.3) is 0 Å². The highest BCUT2D eigenvalue weighted by Crippen LogP contribution is 2.08. The van der Waals surface area contributed by atoms with E-state index in [1.165, 1.54) is 32.4 Å². The van der Waals surface area contributed by atoms with Crippen molar-refractivity contribution in [3.05, 3.63) is 17.5 Å². The minimum Gasteiger partial charge on any atom is -0.372 e. The van der Waals surface area contributed by atoms with E-state index in [9.17, 15) is 0 Å². The fourth-order valence-corrected chi connectivity index (χ4v) is 2.07. The van der Waals surface area contributed by atoms with Crippen LogP contribution in [-0.2, 0) is 17.9 Å². The maximum Gasteiger partial charge on any atom is 0.162 e. The highest BCUT2D eigenvalue weighted by atomic mass is 16.5. The topological polar surface area (TPSA) is 64.5 Å². The van der Waals surface area contributed by atoms with Crippen LogP contribution in [-0.4, -0.2) is 36.3 Å². The summed E-state index contributed by atoms with van der Waals surface area (Å²) in [5.41, 5.74) is 6.22. The molecule has 0 aliphatic carbocycles. The van der Waals surface area contributed by atoms with Gasteiger partial charge in [0.05, 0.1) is 12.3 Å². The monoisotopic (exact) mass is 239 g/mol. The third-order valence-electron chi connectivity index (χ3n) is 3.06. The van der Waals surface area contributed by atoms with Gasteiger partial charge in [-0.15, -0.1) is 0 Å². The molecule has 0 atom stereocenters. The van der Waals surface area contributed by atoms with E-state index in [-0.39, 0.29) is 0 Å². The average Bonchev–Trinajstić information content (AvgIpc) is 2.84. The predicted octanol–water partition coefficient (Wildman–Crippen LogP) is 1.14. The molecule has 0 unspecified atom stereocenters. The van der Waals surface area contributed by atoms with Gasteiger partial charge in [0.15, 0.2) is 5.76 Å². The first-order valence-electron chi connectivity index (χ1n) is 6.33. The van der Waals surface area contributed by atoms with E-state index in [0.29, 0.717) is 13.2 Å². The van der Waals surface area contributed by atoms with Crippen molar-refractivity contribution in [1.29, 1.82) is 0 Å². The zero-order valence-corrected chi connectivity index (χ0v) is 10.2. The molecule has 0 spiro atoms. The second-order valence-electron chi connectivity index (χ2n) is 4.44. The quantitative estimate of drug-likeness (QED) is 0.754. The lowest BCUT2D eigenvalue weighted by Crippen LogP contribution is -2.32. The largest absolute Gasteiger partial charge is 0.372 e. The van der Waals surface area contributed by atoms with Crippen molar-refractivity contribution in [2.75, 3.05) is 26.2 Å². The maximum absolute atomic E-state index is 5.56. The molecule has 0 radical (unpaired) electrons. The minimum absolute atomic E-state index is 0.414. The molecule has 17 heavy (non-hydrogen) atoms. The van der Waals surface area contributed by atoms with Crippen LogP contribution in [0, 0.1) is 0 Å². The molecule has 5 nitrogen and oxygen atoms in total. The summed E-state index contributed by atoms with van der Waals surface area (Å²) in [6, 6.07) is 1.85. The van der Waals surface area contributed by atoms with Crippen molar-refractivity contribution in [3.63, 3.8) is 0 Å². The van der Waals surface area contributed by atoms with Crippen LogP contribution >= 0.6 is 0 Å². The molecule has 2 N–H and O–H groups in total. The number of ether oxygens (including phenoxy) is 1. The van der Waals surface area contributed by atoms with Gasteiger partial charge in [-0.3, -0.25) is 0 Å². The molecule has 2 rings (SSSR count). The smallest absolute Gasteiger partial charge is 0.162 e. The summed E-state index contributed by atoms with van der Waals surface area (Å²) in [4.78, 5) is 2.45. The summed E-state index contributed by atoms with van der Waals surface area (Å²) in [5.74, 6) is 0.754. The number of hydrogen-bond acceptors (Lipinski definition) is 5. The van der Waals surface area contributed by atoms with Crippen LogP contribution in [0.3, 0.4) is 0 Å². The van der Waals surface area contributed by atoms with Crippen molar-refractivity contribution >= 4 is 0 Å². The Bertz CT molecular complexity index is 321. The molecule has 0 bridgehead atoms. The third-order valence-corrected chi connectivity index (χ3v) is 3.06. The van der Waals surface area contributed by atoms with Gasteiger partial charge in [-0.2, -0.15) is 0 Å². The molecule has 2 heterocycles. The van der Waals surface area contributed by atoms with Crippen LogP contribution in [0.5, 0.6) is 0 Å². The molecule has 0 amide bonds. The number of aromatic nitrogens is 1. The van der Waals surface area contributed by atoms with Crippen LogP contribution in [0.2, 0.25) is 0 Å². The third kappa shape index (κ3) is 4.11. The van der Waals surface area contributed by atoms with E-state index < -0.39 is 0 Å². The van der Waals surface area contributed by atoms with Crippen molar-refractivity contribution in [2.45, 2.75) is 32.4 Å². The molecule has 0 saturated carbocycles. The molecule has 5 heteroatoms. The first-order chi connectivity index (χ1) is 8.38. The highest BCUT2D eigenvalue weighted by molar-refractivity contribution is 5.03. The Morgan fingerprint density at radius 1 is 1.35 bits per heavy atom. The highest BCUT2D eigenvalue weighted by Gasteiger charge is 2.09. The van der Waals surface area contributed by atoms with E-state index >= 15 is 0 Å². The molecule has 1 aromatic heterocycles. The van der Waals surface area contributed by atoms with E-state index in [1.54, 1.807) is 0 Å². The standard InChI is InChI=1S/C12H21N3O2/c13-9-11-8-12(17-14-11)10-16-7-6-15-4-2-1-3-5-15/h8H,1-7,9-10,13H2. The minimum atomic E-state index is 0.414. The van der Waals surface area contributed by atoms with Gasteiger partial charge in [0.2, 0.25) is 0 Å². The van der Waals surface area contributed by atoms with Crippen molar-refractivity contribution in [2.24, 2.45) is 5.73 Å². The lowest BCUT2D eigenvalue weighted by atomic mass is 10.1. The lowest BCUT2D eigenvalue weighted by molar-refractivity contribution is 0.0733. The average molecular weight is 239 g/mol. The Labute approximate surface area is 102 Å². The Hall–Kier alpha value is -0.910. The second kappa shape index (κ2) is 6.74. The molecule has 96 valence electrons. The van der Waals surface area contributed by atoms with E-state index in [0.717, 1.165) is 24.6 Å². The molecular formula is C12H21N3O2. The molecule has 1 saturated heterocycles. The SMILES string of the molecule is NCc1cc(COCCN2CCCCC2)on1. The number of nitrogens with two attached hydrogens (primary N) is 1. The zero-order valence-electron chi connectivity index (χ0n) is 10.2.